The highest BCUT2D eigenvalue weighted by molar-refractivity contribution is 7.26. The Morgan fingerprint density at radius 1 is 0.526 bits per heavy atom. The molecule has 0 saturated carbocycles. The van der Waals surface area contributed by atoms with Crippen LogP contribution in [0.1, 0.15) is 0 Å². The van der Waals surface area contributed by atoms with Crippen molar-refractivity contribution in [2.45, 2.75) is 6.04 Å². The number of aromatic nitrogens is 1. The molecule has 0 spiro atoms. The minimum atomic E-state index is -0.00732. The Labute approximate surface area is 335 Å². The van der Waals surface area contributed by atoms with E-state index in [1.807, 2.05) is 17.5 Å². The van der Waals surface area contributed by atoms with Crippen LogP contribution in [0.25, 0.3) is 75.9 Å². The first kappa shape index (κ1) is 32.1. The third-order valence-corrected chi connectivity index (χ3v) is 13.0. The smallest absolute Gasteiger partial charge is 0.236 e. The quantitative estimate of drug-likeness (QED) is 0.168. The van der Waals surface area contributed by atoms with Crippen LogP contribution in [0.5, 0.6) is 0 Å². The average Bonchev–Trinajstić information content (AvgIpc) is 3.67. The second kappa shape index (κ2) is 12.7. The summed E-state index contributed by atoms with van der Waals surface area (Å²) in [6.07, 6.45) is 10.9. The van der Waals surface area contributed by atoms with Crippen molar-refractivity contribution in [3.8, 4) is 55.8 Å². The van der Waals surface area contributed by atoms with Crippen molar-refractivity contribution < 1.29 is 0 Å². The molecule has 0 N–H and O–H groups in total. The fourth-order valence-corrected chi connectivity index (χ4v) is 10.5. The van der Waals surface area contributed by atoms with Gasteiger partial charge in [-0.05, 0) is 75.3 Å². The normalized spacial score (nSPS) is 14.9. The van der Waals surface area contributed by atoms with Crippen LogP contribution >= 0.6 is 11.3 Å². The van der Waals surface area contributed by atoms with Crippen molar-refractivity contribution in [2.75, 3.05) is 4.90 Å². The molecule has 266 valence electrons. The first-order valence-corrected chi connectivity index (χ1v) is 20.3. The predicted molar refractivity (Wildman–Crippen MR) is 241 cm³/mol. The summed E-state index contributed by atoms with van der Waals surface area (Å²) >= 11 is 1.88. The van der Waals surface area contributed by atoms with Crippen LogP contribution in [0.15, 0.2) is 200 Å². The number of thiophene rings is 1. The number of allylic oxidation sites excluding steroid dienone is 2. The topological polar surface area (TPSA) is 19.1 Å². The van der Waals surface area contributed by atoms with Gasteiger partial charge >= 0.3 is 0 Å². The van der Waals surface area contributed by atoms with Crippen molar-refractivity contribution in [3.63, 3.8) is 0 Å². The number of hydrogen-bond acceptors (Lipinski definition) is 3. The Kier molecular flexibility index (Phi) is 7.16. The van der Waals surface area contributed by atoms with Crippen LogP contribution in [0.2, 0.25) is 0 Å². The van der Waals surface area contributed by atoms with Gasteiger partial charge in [0.25, 0.3) is 0 Å². The number of benzene rings is 7. The van der Waals surface area contributed by atoms with Crippen LogP contribution in [0, 0.1) is 0 Å². The van der Waals surface area contributed by atoms with Crippen molar-refractivity contribution in [1.29, 1.82) is 0 Å². The lowest BCUT2D eigenvalue weighted by Gasteiger charge is -2.36. The Bertz CT molecular complexity index is 3190. The van der Waals surface area contributed by atoms with Crippen LogP contribution in [0.3, 0.4) is 0 Å². The highest BCUT2D eigenvalue weighted by Crippen LogP contribution is 2.53. The molecule has 1 aliphatic heterocycles. The Morgan fingerprint density at radius 3 is 2.11 bits per heavy atom. The second-order valence-corrected chi connectivity index (χ2v) is 15.9. The molecular formula is C53H34N3S+. The number of anilines is 2. The molecule has 3 heterocycles. The molecule has 57 heavy (non-hydrogen) atoms. The Hall–Kier alpha value is -7.14. The van der Waals surface area contributed by atoms with E-state index < -0.39 is 0 Å². The zero-order chi connectivity index (χ0) is 37.5. The standard InChI is InChI=1S/C53H34N3S/c1-3-15-35(16-4-1)55-47-25-10-11-26-48(47)56(36-17-5-2-6-18-36)50-33-46-45(32-49(50)55)40-29-28-34(37-22-13-23-43-41-21-9-12-27-51(41)57-53(37)43)31-44(40)39-20-8-7-19-38(39)42-24-14-30-54-52(42)46/h1-33,48H/q+1. The van der Waals surface area contributed by atoms with Gasteiger partial charge in [0, 0.05) is 67.5 Å². The van der Waals surface area contributed by atoms with E-state index in [4.69, 9.17) is 4.98 Å². The number of nitrogens with zero attached hydrogens (tertiary/aromatic N) is 3. The fourth-order valence-electron chi connectivity index (χ4n) is 9.29. The van der Waals surface area contributed by atoms with Crippen LogP contribution in [-0.4, -0.2) is 16.7 Å². The average molecular weight is 745 g/mol. The molecule has 0 amide bonds. The van der Waals surface area contributed by atoms with E-state index in [0.29, 0.717) is 0 Å². The lowest BCUT2D eigenvalue weighted by atomic mass is 9.81. The molecule has 9 aromatic rings. The van der Waals surface area contributed by atoms with Gasteiger partial charge in [-0.3, -0.25) is 4.98 Å². The molecule has 12 rings (SSSR count). The SMILES string of the molecule is C1=CC2=[N+](c3ccccc3)c3cc4c(cc3N(c3ccccc3)C2C=C1)-c1ncccc1-c1ccccc1-c1cc(-c2cccc3c2sc2ccccc23)ccc1-4. The first-order valence-electron chi connectivity index (χ1n) is 19.5. The summed E-state index contributed by atoms with van der Waals surface area (Å²) < 4.78 is 5.10. The van der Waals surface area contributed by atoms with E-state index >= 15 is 0 Å². The van der Waals surface area contributed by atoms with Gasteiger partial charge in [-0.25, -0.2) is 0 Å². The van der Waals surface area contributed by atoms with Crippen molar-refractivity contribution in [1.82, 2.24) is 9.56 Å². The summed E-state index contributed by atoms with van der Waals surface area (Å²) in [6, 6.07) is 62.3. The van der Waals surface area contributed by atoms with E-state index in [2.05, 4.69) is 204 Å². The zero-order valence-corrected chi connectivity index (χ0v) is 31.7. The number of para-hydroxylation sites is 2. The number of hydrogen-bond donors (Lipinski definition) is 0. The Balaban J connectivity index is 1.18. The van der Waals surface area contributed by atoms with Gasteiger partial charge in [0.15, 0.2) is 0 Å². The highest BCUT2D eigenvalue weighted by atomic mass is 32.1. The molecule has 2 aromatic heterocycles. The van der Waals surface area contributed by atoms with Crippen molar-refractivity contribution >= 4 is 60.0 Å². The van der Waals surface area contributed by atoms with E-state index in [1.165, 1.54) is 59.3 Å². The maximum absolute atomic E-state index is 5.20. The van der Waals surface area contributed by atoms with Crippen LogP contribution in [0.4, 0.5) is 22.7 Å². The molecule has 1 unspecified atom stereocenters. The monoisotopic (exact) mass is 744 g/mol. The molecule has 3 nitrogen and oxygen atoms in total. The second-order valence-electron chi connectivity index (χ2n) is 14.9. The molecule has 3 aliphatic rings. The van der Waals surface area contributed by atoms with E-state index in [-0.39, 0.29) is 6.04 Å². The third kappa shape index (κ3) is 4.91. The molecule has 0 fully saturated rings. The number of pyridine rings is 1. The summed E-state index contributed by atoms with van der Waals surface area (Å²) in [5.41, 5.74) is 17.4. The molecule has 2 aliphatic carbocycles. The number of fused-ring (bicyclic) bond motifs is 13. The van der Waals surface area contributed by atoms with E-state index in [9.17, 15) is 0 Å². The number of rotatable bonds is 3. The van der Waals surface area contributed by atoms with Gasteiger partial charge in [-0.1, -0.05) is 133 Å². The minimum Gasteiger partial charge on any atom is -0.319 e. The third-order valence-electron chi connectivity index (χ3n) is 11.8. The molecule has 0 saturated heterocycles. The van der Waals surface area contributed by atoms with Crippen LogP contribution < -0.4 is 9.48 Å². The highest BCUT2D eigenvalue weighted by Gasteiger charge is 2.41. The van der Waals surface area contributed by atoms with Gasteiger partial charge < -0.3 is 4.90 Å². The molecule has 1 atom stereocenters. The van der Waals surface area contributed by atoms with Gasteiger partial charge in [0.05, 0.1) is 5.69 Å². The van der Waals surface area contributed by atoms with Crippen molar-refractivity contribution in [3.05, 3.63) is 200 Å². The summed E-state index contributed by atoms with van der Waals surface area (Å²) in [5.74, 6) is 0. The van der Waals surface area contributed by atoms with Gasteiger partial charge in [-0.15, -0.1) is 11.3 Å². The largest absolute Gasteiger partial charge is 0.319 e. The zero-order valence-electron chi connectivity index (χ0n) is 30.9. The lowest BCUT2D eigenvalue weighted by molar-refractivity contribution is 0.897. The van der Waals surface area contributed by atoms with Gasteiger partial charge in [0.2, 0.25) is 17.1 Å². The molecular weight excluding hydrogens is 711 g/mol. The summed E-state index contributed by atoms with van der Waals surface area (Å²) in [7, 11) is 0. The van der Waals surface area contributed by atoms with Gasteiger partial charge in [0.1, 0.15) is 11.7 Å². The fraction of sp³-hybridized carbons (Fsp3) is 0.0189. The van der Waals surface area contributed by atoms with E-state index in [1.54, 1.807) is 0 Å². The maximum Gasteiger partial charge on any atom is 0.236 e. The minimum absolute atomic E-state index is 0.00732. The molecule has 0 radical (unpaired) electrons. The summed E-state index contributed by atoms with van der Waals surface area (Å²) in [4.78, 5) is 7.69. The Morgan fingerprint density at radius 2 is 1.23 bits per heavy atom. The molecule has 0 bridgehead atoms. The van der Waals surface area contributed by atoms with Crippen LogP contribution in [-0.2, 0) is 0 Å². The lowest BCUT2D eigenvalue weighted by Crippen LogP contribution is -2.44. The summed E-state index contributed by atoms with van der Waals surface area (Å²) in [6.45, 7) is 0. The van der Waals surface area contributed by atoms with Gasteiger partial charge in [-0.2, -0.15) is 4.58 Å². The summed E-state index contributed by atoms with van der Waals surface area (Å²) in [5, 5.41) is 2.62. The first-order chi connectivity index (χ1) is 28.3. The molecule has 7 aromatic carbocycles. The van der Waals surface area contributed by atoms with E-state index in [0.717, 1.165) is 45.1 Å². The van der Waals surface area contributed by atoms with Crippen molar-refractivity contribution in [2.24, 2.45) is 0 Å². The predicted octanol–water partition coefficient (Wildman–Crippen LogP) is 14.0. The molecule has 4 heteroatoms. The maximum atomic E-state index is 5.20.